The first kappa shape index (κ1) is 16.1. The molecular formula is C17H23N3O2. The van der Waals surface area contributed by atoms with Gasteiger partial charge in [-0.05, 0) is 32.4 Å². The van der Waals surface area contributed by atoms with Crippen LogP contribution in [0.4, 0.5) is 0 Å². The average molecular weight is 301 g/mol. The molecule has 0 spiro atoms. The summed E-state index contributed by atoms with van der Waals surface area (Å²) in [4.78, 5) is 14.2. The number of rotatable bonds is 5. The van der Waals surface area contributed by atoms with Crippen molar-refractivity contribution in [2.45, 2.75) is 20.8 Å². The van der Waals surface area contributed by atoms with E-state index in [1.807, 2.05) is 52.1 Å². The molecule has 1 heterocycles. The summed E-state index contributed by atoms with van der Waals surface area (Å²) in [6.07, 6.45) is 0. The SMILES string of the molecule is Cc1ccccc1OCCN(C)C(=O)c1c(C)nn(C)c1C. The predicted molar refractivity (Wildman–Crippen MR) is 86.3 cm³/mol. The Hall–Kier alpha value is -2.30. The molecule has 0 N–H and O–H groups in total. The number of carbonyl (C=O) groups is 1. The van der Waals surface area contributed by atoms with Gasteiger partial charge in [0.2, 0.25) is 0 Å². The first-order valence-electron chi connectivity index (χ1n) is 7.36. The zero-order valence-electron chi connectivity index (χ0n) is 13.9. The summed E-state index contributed by atoms with van der Waals surface area (Å²) < 4.78 is 7.48. The van der Waals surface area contributed by atoms with Crippen LogP contribution in [-0.2, 0) is 7.05 Å². The van der Waals surface area contributed by atoms with Crippen LogP contribution in [0.25, 0.3) is 0 Å². The monoisotopic (exact) mass is 301 g/mol. The largest absolute Gasteiger partial charge is 0.491 e. The van der Waals surface area contributed by atoms with Crippen molar-refractivity contribution in [3.05, 3.63) is 46.8 Å². The van der Waals surface area contributed by atoms with E-state index in [1.165, 1.54) is 0 Å². The molecule has 1 aromatic heterocycles. The summed E-state index contributed by atoms with van der Waals surface area (Å²) >= 11 is 0. The third-order valence-electron chi connectivity index (χ3n) is 3.85. The van der Waals surface area contributed by atoms with Gasteiger partial charge in [-0.15, -0.1) is 0 Å². The number of aromatic nitrogens is 2. The van der Waals surface area contributed by atoms with Gasteiger partial charge < -0.3 is 9.64 Å². The quantitative estimate of drug-likeness (QED) is 0.852. The van der Waals surface area contributed by atoms with Crippen LogP contribution in [0.15, 0.2) is 24.3 Å². The number of amides is 1. The van der Waals surface area contributed by atoms with Gasteiger partial charge in [0.25, 0.3) is 5.91 Å². The fourth-order valence-corrected chi connectivity index (χ4v) is 2.39. The molecule has 0 aliphatic rings. The van der Waals surface area contributed by atoms with Crippen molar-refractivity contribution in [2.75, 3.05) is 20.2 Å². The highest BCUT2D eigenvalue weighted by Crippen LogP contribution is 2.17. The predicted octanol–water partition coefficient (Wildman–Crippen LogP) is 2.50. The number of ether oxygens (including phenoxy) is 1. The van der Waals surface area contributed by atoms with Crippen molar-refractivity contribution in [2.24, 2.45) is 7.05 Å². The second-order valence-electron chi connectivity index (χ2n) is 5.51. The molecule has 1 amide bonds. The number of hydrogen-bond acceptors (Lipinski definition) is 3. The van der Waals surface area contributed by atoms with Crippen LogP contribution >= 0.6 is 0 Å². The molecule has 0 unspecified atom stereocenters. The molecule has 0 aliphatic heterocycles. The van der Waals surface area contributed by atoms with Crippen LogP contribution in [0.5, 0.6) is 5.75 Å². The number of nitrogens with zero attached hydrogens (tertiary/aromatic N) is 3. The molecule has 2 aromatic rings. The van der Waals surface area contributed by atoms with Crippen molar-refractivity contribution in [3.63, 3.8) is 0 Å². The van der Waals surface area contributed by atoms with Gasteiger partial charge in [0.05, 0.1) is 17.8 Å². The number of likely N-dealkylation sites (N-methyl/N-ethyl adjacent to an activating group) is 1. The molecule has 2 rings (SSSR count). The van der Waals surface area contributed by atoms with E-state index in [4.69, 9.17) is 4.74 Å². The van der Waals surface area contributed by atoms with Crippen LogP contribution in [0, 0.1) is 20.8 Å². The fraction of sp³-hybridized carbons (Fsp3) is 0.412. The van der Waals surface area contributed by atoms with Gasteiger partial charge >= 0.3 is 0 Å². The molecule has 118 valence electrons. The third-order valence-corrected chi connectivity index (χ3v) is 3.85. The van der Waals surface area contributed by atoms with Crippen LogP contribution in [0.3, 0.4) is 0 Å². The molecule has 1 aromatic carbocycles. The molecular weight excluding hydrogens is 278 g/mol. The van der Waals surface area contributed by atoms with Crippen molar-refractivity contribution in [1.82, 2.24) is 14.7 Å². The van der Waals surface area contributed by atoms with Gasteiger partial charge in [0, 0.05) is 19.8 Å². The van der Waals surface area contributed by atoms with Crippen molar-refractivity contribution >= 4 is 5.91 Å². The maximum Gasteiger partial charge on any atom is 0.257 e. The highest BCUT2D eigenvalue weighted by atomic mass is 16.5. The van der Waals surface area contributed by atoms with Crippen LogP contribution in [-0.4, -0.2) is 40.8 Å². The zero-order valence-corrected chi connectivity index (χ0v) is 13.9. The topological polar surface area (TPSA) is 47.4 Å². The summed E-state index contributed by atoms with van der Waals surface area (Å²) in [7, 11) is 3.63. The Morgan fingerprint density at radius 3 is 2.55 bits per heavy atom. The number of benzene rings is 1. The molecule has 0 radical (unpaired) electrons. The summed E-state index contributed by atoms with van der Waals surface area (Å²) in [6, 6.07) is 7.87. The Morgan fingerprint density at radius 1 is 1.27 bits per heavy atom. The standard InChI is InChI=1S/C17H23N3O2/c1-12-8-6-7-9-15(12)22-11-10-19(4)17(21)16-13(2)18-20(5)14(16)3/h6-9H,10-11H2,1-5H3. The van der Waals surface area contributed by atoms with Crippen molar-refractivity contribution in [3.8, 4) is 5.75 Å². The summed E-state index contributed by atoms with van der Waals surface area (Å²) in [5.41, 5.74) is 3.42. The number of para-hydroxylation sites is 1. The Balaban J connectivity index is 1.96. The minimum atomic E-state index is -0.0171. The smallest absolute Gasteiger partial charge is 0.257 e. The molecule has 0 atom stereocenters. The number of aryl methyl sites for hydroxylation is 3. The number of hydrogen-bond donors (Lipinski definition) is 0. The molecule has 0 saturated carbocycles. The Bertz CT molecular complexity index is 677. The summed E-state index contributed by atoms with van der Waals surface area (Å²) in [5, 5.41) is 4.29. The van der Waals surface area contributed by atoms with Crippen molar-refractivity contribution in [1.29, 1.82) is 0 Å². The van der Waals surface area contributed by atoms with E-state index >= 15 is 0 Å². The van der Waals surface area contributed by atoms with E-state index < -0.39 is 0 Å². The minimum Gasteiger partial charge on any atom is -0.491 e. The van der Waals surface area contributed by atoms with Gasteiger partial charge in [-0.3, -0.25) is 9.48 Å². The first-order chi connectivity index (χ1) is 10.4. The maximum atomic E-state index is 12.5. The second-order valence-corrected chi connectivity index (χ2v) is 5.51. The van der Waals surface area contributed by atoms with E-state index in [0.29, 0.717) is 18.7 Å². The molecule has 5 nitrogen and oxygen atoms in total. The summed E-state index contributed by atoms with van der Waals surface area (Å²) in [6.45, 7) is 6.77. The van der Waals surface area contributed by atoms with Crippen molar-refractivity contribution < 1.29 is 9.53 Å². The lowest BCUT2D eigenvalue weighted by Gasteiger charge is -2.18. The van der Waals surface area contributed by atoms with Gasteiger partial charge in [0.1, 0.15) is 12.4 Å². The number of carbonyl (C=O) groups excluding carboxylic acids is 1. The highest BCUT2D eigenvalue weighted by Gasteiger charge is 2.20. The molecule has 0 bridgehead atoms. The van der Waals surface area contributed by atoms with Crippen LogP contribution < -0.4 is 4.74 Å². The maximum absolute atomic E-state index is 12.5. The van der Waals surface area contributed by atoms with Gasteiger partial charge in [0.15, 0.2) is 0 Å². The Morgan fingerprint density at radius 2 is 1.95 bits per heavy atom. The molecule has 5 heteroatoms. The second kappa shape index (κ2) is 6.64. The lowest BCUT2D eigenvalue weighted by atomic mass is 10.1. The highest BCUT2D eigenvalue weighted by molar-refractivity contribution is 5.96. The van der Waals surface area contributed by atoms with Gasteiger partial charge in [-0.25, -0.2) is 0 Å². The van der Waals surface area contributed by atoms with E-state index in [9.17, 15) is 4.79 Å². The van der Waals surface area contributed by atoms with Crippen LogP contribution in [0.2, 0.25) is 0 Å². The summed E-state index contributed by atoms with van der Waals surface area (Å²) in [5.74, 6) is 0.841. The first-order valence-corrected chi connectivity index (χ1v) is 7.36. The average Bonchev–Trinajstić information content (AvgIpc) is 2.73. The van der Waals surface area contributed by atoms with Gasteiger partial charge in [-0.2, -0.15) is 5.10 Å². The van der Waals surface area contributed by atoms with E-state index in [0.717, 1.165) is 22.7 Å². The Labute approximate surface area is 131 Å². The van der Waals surface area contributed by atoms with Gasteiger partial charge in [-0.1, -0.05) is 18.2 Å². The van der Waals surface area contributed by atoms with E-state index in [2.05, 4.69) is 5.10 Å². The molecule has 0 aliphatic carbocycles. The van der Waals surface area contributed by atoms with E-state index in [1.54, 1.807) is 16.6 Å². The lowest BCUT2D eigenvalue weighted by Crippen LogP contribution is -2.31. The molecule has 22 heavy (non-hydrogen) atoms. The van der Waals surface area contributed by atoms with Crippen LogP contribution in [0.1, 0.15) is 27.3 Å². The molecule has 0 fully saturated rings. The third kappa shape index (κ3) is 3.30. The minimum absolute atomic E-state index is 0.0171. The normalized spacial score (nSPS) is 10.6. The lowest BCUT2D eigenvalue weighted by molar-refractivity contribution is 0.0772. The fourth-order valence-electron chi connectivity index (χ4n) is 2.39. The molecule has 0 saturated heterocycles. The zero-order chi connectivity index (χ0) is 16.3. The Kier molecular flexibility index (Phi) is 4.85. The van der Waals surface area contributed by atoms with E-state index in [-0.39, 0.29) is 5.91 Å².